The highest BCUT2D eigenvalue weighted by Gasteiger charge is 2.49. The number of piperidine rings is 2. The van der Waals surface area contributed by atoms with Gasteiger partial charge in [-0.2, -0.15) is 0 Å². The average Bonchev–Trinajstić information content (AvgIpc) is 2.53. The summed E-state index contributed by atoms with van der Waals surface area (Å²) in [5.74, 6) is -1.11. The molecule has 0 aromatic heterocycles. The predicted octanol–water partition coefficient (Wildman–Crippen LogP) is 4.70. The van der Waals surface area contributed by atoms with Crippen LogP contribution in [0.4, 0.5) is 0 Å². The van der Waals surface area contributed by atoms with Gasteiger partial charge >= 0.3 is 11.9 Å². The Labute approximate surface area is 196 Å². The number of unbranched alkanes of at least 4 members (excludes halogenated alkanes) is 1. The molecule has 0 amide bonds. The van der Waals surface area contributed by atoms with Gasteiger partial charge < -0.3 is 20.1 Å². The largest absolute Gasteiger partial charge is 0.461 e. The third-order valence-corrected chi connectivity index (χ3v) is 6.59. The normalized spacial score (nSPS) is 25.2. The minimum Gasteiger partial charge on any atom is -0.461 e. The molecule has 2 aliphatic heterocycles. The van der Waals surface area contributed by atoms with E-state index >= 15 is 0 Å². The number of carbonyl (C=O) groups is 2. The standard InChI is InChI=1S/C26H47N2O4/c1-11-12-13-26(10,20(29)31-18-14-22(2,3)27-23(4,5)15-18)21(30)32-19-16-24(6,7)28-25(8,9)17-19/h18-19,27-28H,10-17H2,1-9H3. The minimum atomic E-state index is -1.53. The third kappa shape index (κ3) is 7.18. The lowest BCUT2D eigenvalue weighted by molar-refractivity contribution is -0.179. The Morgan fingerprint density at radius 1 is 0.781 bits per heavy atom. The number of ether oxygens (including phenoxy) is 2. The van der Waals surface area contributed by atoms with Gasteiger partial charge in [-0.25, -0.2) is 0 Å². The van der Waals surface area contributed by atoms with Crippen LogP contribution in [0, 0.1) is 12.3 Å². The van der Waals surface area contributed by atoms with Gasteiger partial charge in [-0.15, -0.1) is 0 Å². The van der Waals surface area contributed by atoms with Gasteiger partial charge in [0.1, 0.15) is 12.2 Å². The number of hydrogen-bond donors (Lipinski definition) is 2. The Bertz CT molecular complexity index is 612. The maximum absolute atomic E-state index is 13.4. The molecule has 1 radical (unpaired) electrons. The highest BCUT2D eigenvalue weighted by atomic mass is 16.6. The second kappa shape index (κ2) is 9.25. The van der Waals surface area contributed by atoms with Crippen molar-refractivity contribution in [3.05, 3.63) is 6.92 Å². The first-order chi connectivity index (χ1) is 14.4. The summed E-state index contributed by atoms with van der Waals surface area (Å²) in [6.45, 7) is 23.0. The van der Waals surface area contributed by atoms with Gasteiger partial charge in [-0.05, 0) is 68.7 Å². The number of esters is 2. The van der Waals surface area contributed by atoms with E-state index in [-0.39, 0.29) is 34.4 Å². The fraction of sp³-hybridized carbons (Fsp3) is 0.885. The summed E-state index contributed by atoms with van der Waals surface area (Å²) in [5, 5.41) is 7.19. The minimum absolute atomic E-state index is 0.160. The summed E-state index contributed by atoms with van der Waals surface area (Å²) in [4.78, 5) is 26.8. The number of nitrogens with one attached hydrogen (secondary N) is 2. The van der Waals surface area contributed by atoms with Crippen molar-refractivity contribution >= 4 is 11.9 Å². The van der Waals surface area contributed by atoms with Crippen LogP contribution in [0.3, 0.4) is 0 Å². The van der Waals surface area contributed by atoms with E-state index in [0.29, 0.717) is 38.5 Å². The van der Waals surface area contributed by atoms with Crippen molar-refractivity contribution in [2.45, 2.75) is 142 Å². The van der Waals surface area contributed by atoms with Crippen molar-refractivity contribution in [2.24, 2.45) is 5.41 Å². The highest BCUT2D eigenvalue weighted by molar-refractivity contribution is 6.01. The van der Waals surface area contributed by atoms with Gasteiger partial charge in [0.05, 0.1) is 0 Å². The first-order valence-corrected chi connectivity index (χ1v) is 12.2. The molecule has 2 saturated heterocycles. The van der Waals surface area contributed by atoms with Gasteiger partial charge in [0, 0.05) is 47.8 Å². The maximum atomic E-state index is 13.4. The molecular formula is C26H47N2O4. The van der Waals surface area contributed by atoms with E-state index in [4.69, 9.17) is 9.47 Å². The average molecular weight is 452 g/mol. The summed E-state index contributed by atoms with van der Waals surface area (Å²) in [6, 6.07) is 0. The number of rotatable bonds is 7. The predicted molar refractivity (Wildman–Crippen MR) is 128 cm³/mol. The molecule has 0 aromatic rings. The summed E-state index contributed by atoms with van der Waals surface area (Å²) < 4.78 is 11.9. The lowest BCUT2D eigenvalue weighted by Crippen LogP contribution is -2.60. The van der Waals surface area contributed by atoms with Crippen LogP contribution < -0.4 is 10.6 Å². The van der Waals surface area contributed by atoms with Crippen molar-refractivity contribution in [3.63, 3.8) is 0 Å². The smallest absolute Gasteiger partial charge is 0.323 e. The molecule has 6 nitrogen and oxygen atoms in total. The van der Waals surface area contributed by atoms with Gasteiger partial charge in [-0.3, -0.25) is 9.59 Å². The number of hydrogen-bond acceptors (Lipinski definition) is 6. The van der Waals surface area contributed by atoms with E-state index in [1.807, 2.05) is 6.92 Å². The van der Waals surface area contributed by atoms with Crippen LogP contribution in [0.2, 0.25) is 0 Å². The number of carbonyl (C=O) groups excluding carboxylic acids is 2. The van der Waals surface area contributed by atoms with E-state index in [2.05, 4.69) is 72.9 Å². The second-order valence-corrected chi connectivity index (χ2v) is 12.8. The summed E-state index contributed by atoms with van der Waals surface area (Å²) in [7, 11) is 0. The third-order valence-electron chi connectivity index (χ3n) is 6.59. The van der Waals surface area contributed by atoms with Crippen molar-refractivity contribution in [1.29, 1.82) is 0 Å². The molecule has 32 heavy (non-hydrogen) atoms. The van der Waals surface area contributed by atoms with E-state index < -0.39 is 17.4 Å². The van der Waals surface area contributed by atoms with Crippen LogP contribution in [-0.4, -0.2) is 46.3 Å². The zero-order valence-electron chi connectivity index (χ0n) is 21.9. The first kappa shape index (κ1) is 27.1. The van der Waals surface area contributed by atoms with Crippen molar-refractivity contribution in [1.82, 2.24) is 10.6 Å². The topological polar surface area (TPSA) is 76.7 Å². The van der Waals surface area contributed by atoms with Crippen LogP contribution in [0.5, 0.6) is 0 Å². The summed E-state index contributed by atoms with van der Waals surface area (Å²) in [6.07, 6.45) is 4.14. The molecule has 0 atom stereocenters. The van der Waals surface area contributed by atoms with Crippen LogP contribution in [-0.2, 0) is 19.1 Å². The zero-order valence-corrected chi connectivity index (χ0v) is 21.9. The molecule has 0 aliphatic carbocycles. The zero-order chi connectivity index (χ0) is 24.6. The Hall–Kier alpha value is -1.14. The van der Waals surface area contributed by atoms with E-state index in [0.717, 1.165) is 6.42 Å². The van der Waals surface area contributed by atoms with Crippen molar-refractivity contribution in [2.75, 3.05) is 0 Å². The highest BCUT2D eigenvalue weighted by Crippen LogP contribution is 2.36. The molecule has 2 aliphatic rings. The Balaban J connectivity index is 2.17. The van der Waals surface area contributed by atoms with E-state index in [1.54, 1.807) is 0 Å². The van der Waals surface area contributed by atoms with Gasteiger partial charge in [-0.1, -0.05) is 19.8 Å². The van der Waals surface area contributed by atoms with Crippen LogP contribution in [0.1, 0.15) is 107 Å². The molecule has 2 fully saturated rings. The quantitative estimate of drug-likeness (QED) is 0.431. The van der Waals surface area contributed by atoms with Gasteiger partial charge in [0.25, 0.3) is 0 Å². The molecule has 0 bridgehead atoms. The lowest BCUT2D eigenvalue weighted by atomic mass is 9.79. The molecule has 2 N–H and O–H groups in total. The molecule has 6 heteroatoms. The van der Waals surface area contributed by atoms with Gasteiger partial charge in [0.2, 0.25) is 0 Å². The van der Waals surface area contributed by atoms with Crippen LogP contribution in [0.15, 0.2) is 0 Å². The Kier molecular flexibility index (Phi) is 7.83. The molecule has 0 spiro atoms. The second-order valence-electron chi connectivity index (χ2n) is 12.8. The molecule has 185 valence electrons. The molecule has 2 rings (SSSR count). The summed E-state index contributed by atoms with van der Waals surface area (Å²) in [5.41, 5.74) is -2.17. The molecule has 2 heterocycles. The van der Waals surface area contributed by atoms with Crippen LogP contribution >= 0.6 is 0 Å². The Morgan fingerprint density at radius 3 is 1.38 bits per heavy atom. The SMILES string of the molecule is [CH2]C(CCCC)(C(=O)OC1CC(C)(C)NC(C)(C)C1)C(=O)OC1CC(C)(C)NC(C)(C)C1. The van der Waals surface area contributed by atoms with Crippen LogP contribution in [0.25, 0.3) is 0 Å². The van der Waals surface area contributed by atoms with E-state index in [1.165, 1.54) is 0 Å². The van der Waals surface area contributed by atoms with E-state index in [9.17, 15) is 9.59 Å². The maximum Gasteiger partial charge on any atom is 0.323 e. The monoisotopic (exact) mass is 451 g/mol. The summed E-state index contributed by atoms with van der Waals surface area (Å²) >= 11 is 0. The van der Waals surface area contributed by atoms with Crippen molar-refractivity contribution in [3.8, 4) is 0 Å². The van der Waals surface area contributed by atoms with Crippen molar-refractivity contribution < 1.29 is 19.1 Å². The molecule has 0 unspecified atom stereocenters. The lowest BCUT2D eigenvalue weighted by Gasteiger charge is -2.47. The molecule has 0 saturated carbocycles. The molecule has 0 aromatic carbocycles. The Morgan fingerprint density at radius 2 is 1.09 bits per heavy atom. The molecular weight excluding hydrogens is 404 g/mol. The van der Waals surface area contributed by atoms with Gasteiger partial charge in [0.15, 0.2) is 5.41 Å². The fourth-order valence-corrected chi connectivity index (χ4v) is 5.92. The first-order valence-electron chi connectivity index (χ1n) is 12.2. The fourth-order valence-electron chi connectivity index (χ4n) is 5.92.